The molecule has 3 unspecified atom stereocenters. The molecule has 3 atom stereocenters. The second-order valence-electron chi connectivity index (χ2n) is 22.7. The van der Waals surface area contributed by atoms with Gasteiger partial charge in [-0.1, -0.05) is 99.6 Å². The van der Waals surface area contributed by atoms with Crippen molar-refractivity contribution >= 4 is 46.7 Å². The molecule has 1 radical (unpaired) electrons. The van der Waals surface area contributed by atoms with Crippen LogP contribution in [0.3, 0.4) is 0 Å². The average Bonchev–Trinajstić information content (AvgIpc) is 0.829. The maximum absolute atomic E-state index is 14.2. The standard InChI is InChI=1S/C24H27F2NO5.C18H19F2NO4.C16H14F2O4.C15H12F2O4.C6H9ClO.5CH4.U.V.W/c1-3-4-5-7-23(29)31-13-6-12-27-24(30)20-14-17(8-11-22(20)32-16(2)28)19-10-9-18(25)15-21(19)26;1-11(23)25-17-6-3-12(14-5-4-13(19)10-16(14)20)9-15(17)18(24)21-7-2-8-22;1-9(19)22-15-6-3-10(7-13(15)16(20)21-2)12-5-4-11(17)8-14(12)18;1-8(18)21-14-5-2-9(6-12(14)15(19)20)11-4-3-10(16)7-13(11)17;1-2-3-4-5-6(7)8;;;;;;;;/h4-5,8-11,14-15,24,27,30H,3,6-7,12-13H2,1-2H3;3-6,9-10,18,21-22,24H,2,7-8H2,1H3;3-8,16,20H,1-2H3;2-7,15,19-20H,1H3;3-4H,2,5H2,1H3;5*1H4;;;/b5-4-;;;;4-3-;;;;;;;;. The first-order valence-electron chi connectivity index (χ1n) is 33.1. The summed E-state index contributed by atoms with van der Waals surface area (Å²) in [4.78, 5) is 66.3. The van der Waals surface area contributed by atoms with Gasteiger partial charge in [-0.25, -0.2) is 35.1 Å². The zero-order valence-corrected chi connectivity index (χ0v) is 70.1. The van der Waals surface area contributed by atoms with E-state index in [0.717, 1.165) is 61.4 Å². The third-order valence-electron chi connectivity index (χ3n) is 14.3. The Morgan fingerprint density at radius 2 is 0.724 bits per heavy atom. The molecule has 0 saturated heterocycles. The summed E-state index contributed by atoms with van der Waals surface area (Å²) in [7, 11) is 1.27. The van der Waals surface area contributed by atoms with Crippen molar-refractivity contribution in [2.75, 3.05) is 33.4 Å². The van der Waals surface area contributed by atoms with Gasteiger partial charge in [-0.3, -0.25) is 39.4 Å². The first kappa shape index (κ1) is 117. The molecule has 0 aromatic heterocycles. The first-order chi connectivity index (χ1) is 51.3. The van der Waals surface area contributed by atoms with Crippen LogP contribution in [0.25, 0.3) is 44.5 Å². The molecule has 20 nitrogen and oxygen atoms in total. The second-order valence-corrected chi connectivity index (χ2v) is 23.2. The van der Waals surface area contributed by atoms with Crippen LogP contribution in [-0.4, -0.2) is 99.1 Å². The molecule has 8 aromatic carbocycles. The van der Waals surface area contributed by atoms with Crippen LogP contribution in [0.4, 0.5) is 35.1 Å². The van der Waals surface area contributed by atoms with Crippen molar-refractivity contribution in [3.8, 4) is 67.5 Å². The fourth-order valence-electron chi connectivity index (χ4n) is 9.48. The zero-order chi connectivity index (χ0) is 80.2. The van der Waals surface area contributed by atoms with Crippen LogP contribution >= 0.6 is 11.6 Å². The quantitative estimate of drug-likeness (QED) is 0.00430. The SMILES string of the molecule is C.C.C.C.C.CC(=O)Oc1ccc(-c2ccc(F)cc2F)cc1C(O)NCCCO.CC(=O)Oc1ccc(-c2ccc(F)cc2F)cc1C(O)O.CC/C=C\CC(=O)Cl.CC/C=C\CC(=O)OCCCNC(O)c1cc(-c2ccc(F)cc2F)ccc1OC(C)=O.COC(O)c1cc(-c2ccc(F)cc2F)ccc1OC(C)=O.[U].[V].[W]. The Kier molecular flexibility index (Phi) is 61.6. The van der Waals surface area contributed by atoms with Crippen molar-refractivity contribution in [2.45, 2.75) is 142 Å². The Morgan fingerprint density at radius 3 is 1.01 bits per heavy atom. The summed E-state index contributed by atoms with van der Waals surface area (Å²) < 4.78 is 138. The Bertz CT molecular complexity index is 4420. The monoisotopic (exact) mass is 2090 g/mol. The van der Waals surface area contributed by atoms with Crippen molar-refractivity contribution in [1.29, 1.82) is 0 Å². The summed E-state index contributed by atoms with van der Waals surface area (Å²) in [6.07, 6.45) is 4.88. The molecule has 0 fully saturated rings. The molecule has 32 heteroatoms. The van der Waals surface area contributed by atoms with E-state index in [0.29, 0.717) is 54.6 Å². The Balaban J connectivity index is -0.000000451. The third kappa shape index (κ3) is 40.9. The maximum atomic E-state index is 14.2. The molecule has 633 valence electrons. The van der Waals surface area contributed by atoms with Crippen LogP contribution < -0.4 is 29.6 Å². The Morgan fingerprint density at radius 1 is 0.431 bits per heavy atom. The van der Waals surface area contributed by atoms with Gasteiger partial charge in [0.05, 0.1) is 24.2 Å². The molecule has 116 heavy (non-hydrogen) atoms. The van der Waals surface area contributed by atoms with Crippen LogP contribution in [0.5, 0.6) is 23.0 Å². The fourth-order valence-corrected chi connectivity index (χ4v) is 9.57. The number of esters is 5. The molecule has 0 aliphatic heterocycles. The van der Waals surface area contributed by atoms with Gasteiger partial charge in [0.25, 0.3) is 0 Å². The average molecular weight is 2090 g/mol. The van der Waals surface area contributed by atoms with Gasteiger partial charge in [-0.05, 0) is 163 Å². The van der Waals surface area contributed by atoms with E-state index in [1.165, 1.54) is 132 Å². The van der Waals surface area contributed by atoms with E-state index in [-0.39, 0.29) is 206 Å². The van der Waals surface area contributed by atoms with Crippen LogP contribution in [0.2, 0.25) is 0 Å². The number of ether oxygens (including phenoxy) is 6. The molecule has 0 aliphatic carbocycles. The molecule has 0 aliphatic rings. The molecule has 8 N–H and O–H groups in total. The van der Waals surface area contributed by atoms with Crippen molar-refractivity contribution in [3.63, 3.8) is 0 Å². The molecule has 0 amide bonds. The number of hydrogen-bond acceptors (Lipinski definition) is 20. The number of methoxy groups -OCH3 is 1. The van der Waals surface area contributed by atoms with Crippen molar-refractivity contribution in [1.82, 2.24) is 10.6 Å². The molecular weight excluding hydrogens is 1990 g/mol. The van der Waals surface area contributed by atoms with E-state index in [1.807, 2.05) is 26.0 Å². The number of carbonyl (C=O) groups is 6. The zero-order valence-electron chi connectivity index (χ0n) is 60.9. The van der Waals surface area contributed by atoms with Crippen LogP contribution in [-0.2, 0) is 77.9 Å². The minimum absolute atomic E-state index is 0. The van der Waals surface area contributed by atoms with E-state index in [4.69, 9.17) is 45.1 Å². The van der Waals surface area contributed by atoms with E-state index >= 15 is 0 Å². The van der Waals surface area contributed by atoms with Gasteiger partial charge in [-0.15, -0.1) is 0 Å². The largest absolute Gasteiger partial charge is 0.465 e. The van der Waals surface area contributed by atoms with Crippen molar-refractivity contribution in [2.24, 2.45) is 0 Å². The first-order valence-corrected chi connectivity index (χ1v) is 33.4. The van der Waals surface area contributed by atoms with Gasteiger partial charge >= 0.3 is 29.8 Å². The molecule has 0 saturated carbocycles. The van der Waals surface area contributed by atoms with E-state index < -0.39 is 95.5 Å². The number of aliphatic hydroxyl groups excluding tert-OH is 5. The Labute approximate surface area is 727 Å². The number of hydrogen-bond donors (Lipinski definition) is 8. The smallest absolute Gasteiger partial charge is 0.309 e. The fraction of sp³-hybridized carbons (Fsp3) is 0.310. The van der Waals surface area contributed by atoms with E-state index in [9.17, 15) is 89.4 Å². The number of aliphatic hydroxyl groups is 6. The topological polar surface area (TPSA) is 303 Å². The van der Waals surface area contributed by atoms with Gasteiger partial charge in [0.15, 0.2) is 12.6 Å². The summed E-state index contributed by atoms with van der Waals surface area (Å²) in [6.45, 7) is 9.57. The number of rotatable bonds is 28. The number of allylic oxidation sites excluding steroid dienone is 3. The van der Waals surface area contributed by atoms with Gasteiger partial charge in [0.1, 0.15) is 82.0 Å². The van der Waals surface area contributed by atoms with Gasteiger partial charge in [-0.2, -0.15) is 0 Å². The van der Waals surface area contributed by atoms with E-state index in [2.05, 4.69) is 10.6 Å². The Hall–Kier alpha value is -8.05. The predicted molar refractivity (Wildman–Crippen MR) is 417 cm³/mol. The van der Waals surface area contributed by atoms with Gasteiger partial charge in [0.2, 0.25) is 5.24 Å². The second kappa shape index (κ2) is 61.3. The number of carbonyl (C=O) groups excluding carboxylic acids is 6. The minimum atomic E-state index is -1.90. The molecule has 8 aromatic rings. The van der Waals surface area contributed by atoms with E-state index in [1.54, 1.807) is 12.2 Å². The van der Waals surface area contributed by atoms with Crippen LogP contribution in [0, 0.1) is 77.7 Å². The number of benzene rings is 8. The van der Waals surface area contributed by atoms with Gasteiger partial charge in [0, 0.05) is 183 Å². The summed E-state index contributed by atoms with van der Waals surface area (Å²) in [6, 6.07) is 29.8. The normalized spacial score (nSPS) is 10.9. The minimum Gasteiger partial charge on any atom is -0.465 e. The molecule has 0 heterocycles. The van der Waals surface area contributed by atoms with Gasteiger partial charge < -0.3 is 59.1 Å². The van der Waals surface area contributed by atoms with Crippen LogP contribution in [0.1, 0.15) is 164 Å². The third-order valence-corrected chi connectivity index (χ3v) is 14.5. The number of halogens is 9. The van der Waals surface area contributed by atoms with Crippen molar-refractivity contribution < 1.29 is 194 Å². The predicted octanol–water partition coefficient (Wildman–Crippen LogP) is 18.0. The number of nitrogens with one attached hydrogen (secondary N) is 2. The molecular formula is C84H101ClF8N2O18UVW. The summed E-state index contributed by atoms with van der Waals surface area (Å²) >= 11 is 5.02. The maximum Gasteiger partial charge on any atom is 0.309 e. The van der Waals surface area contributed by atoms with Crippen molar-refractivity contribution in [3.05, 3.63) is 239 Å². The van der Waals surface area contributed by atoms with Crippen LogP contribution in [0.15, 0.2) is 170 Å². The molecule has 8 rings (SSSR count). The summed E-state index contributed by atoms with van der Waals surface area (Å²) in [5.74, 6) is -8.18. The summed E-state index contributed by atoms with van der Waals surface area (Å²) in [5.41, 5.74) is 2.51. The summed E-state index contributed by atoms with van der Waals surface area (Å²) in [5, 5.41) is 63.5. The molecule has 0 spiro atoms. The molecule has 0 bridgehead atoms.